The lowest BCUT2D eigenvalue weighted by molar-refractivity contribution is 0.461. The maximum Gasteiger partial charge on any atom is 0.265 e. The molecule has 5 nitrogen and oxygen atoms in total. The number of rotatable bonds is 2. The Labute approximate surface area is 112 Å². The van der Waals surface area contributed by atoms with E-state index in [4.69, 9.17) is 22.1 Å². The molecule has 0 spiro atoms. The lowest BCUT2D eigenvalue weighted by atomic mass is 10.3. The van der Waals surface area contributed by atoms with Gasteiger partial charge in [-0.15, -0.1) is 0 Å². The third-order valence-electron chi connectivity index (χ3n) is 2.47. The molecular formula is C12H8ClFN4O. The van der Waals surface area contributed by atoms with Gasteiger partial charge in [-0.1, -0.05) is 11.6 Å². The van der Waals surface area contributed by atoms with Gasteiger partial charge in [-0.25, -0.2) is 9.37 Å². The molecule has 3 aromatic rings. The van der Waals surface area contributed by atoms with Crippen LogP contribution in [0.2, 0.25) is 5.02 Å². The van der Waals surface area contributed by atoms with E-state index < -0.39 is 5.82 Å². The summed E-state index contributed by atoms with van der Waals surface area (Å²) in [5.41, 5.74) is 6.15. The standard InChI is InChI=1S/C12H8ClFN4O/c13-8-2-1-7(5-9(8)14)19-12-11-16-3-4-18(11)6-10(15)17-12/h1-6H,15H2. The Balaban J connectivity index is 2.04. The minimum Gasteiger partial charge on any atom is -0.436 e. The second-order valence-corrected chi connectivity index (χ2v) is 4.21. The molecule has 1 aromatic carbocycles. The molecule has 7 heteroatoms. The molecule has 0 saturated carbocycles. The average molecular weight is 279 g/mol. The van der Waals surface area contributed by atoms with E-state index in [1.54, 1.807) is 23.0 Å². The molecule has 0 unspecified atom stereocenters. The fourth-order valence-electron chi connectivity index (χ4n) is 1.64. The predicted molar refractivity (Wildman–Crippen MR) is 68.9 cm³/mol. The summed E-state index contributed by atoms with van der Waals surface area (Å²) in [7, 11) is 0. The smallest absolute Gasteiger partial charge is 0.265 e. The van der Waals surface area contributed by atoms with Gasteiger partial charge < -0.3 is 10.5 Å². The van der Waals surface area contributed by atoms with Gasteiger partial charge in [-0.05, 0) is 12.1 Å². The molecular weight excluding hydrogens is 271 g/mol. The summed E-state index contributed by atoms with van der Waals surface area (Å²) < 4.78 is 20.5. The summed E-state index contributed by atoms with van der Waals surface area (Å²) in [4.78, 5) is 8.13. The highest BCUT2D eigenvalue weighted by Crippen LogP contribution is 2.27. The molecule has 96 valence electrons. The van der Waals surface area contributed by atoms with Gasteiger partial charge in [0, 0.05) is 18.5 Å². The number of nitrogens with two attached hydrogens (primary N) is 1. The fourth-order valence-corrected chi connectivity index (χ4v) is 1.76. The molecule has 0 aliphatic carbocycles. The lowest BCUT2D eigenvalue weighted by Crippen LogP contribution is -1.99. The fraction of sp³-hybridized carbons (Fsp3) is 0. The van der Waals surface area contributed by atoms with Crippen LogP contribution in [0.25, 0.3) is 5.65 Å². The molecule has 0 amide bonds. The number of fused-ring (bicyclic) bond motifs is 1. The van der Waals surface area contributed by atoms with Crippen LogP contribution in [0.15, 0.2) is 36.8 Å². The minimum atomic E-state index is -0.567. The zero-order valence-electron chi connectivity index (χ0n) is 9.55. The van der Waals surface area contributed by atoms with Gasteiger partial charge >= 0.3 is 0 Å². The molecule has 0 bridgehead atoms. The Hall–Kier alpha value is -2.34. The second kappa shape index (κ2) is 4.40. The maximum atomic E-state index is 13.3. The van der Waals surface area contributed by atoms with E-state index in [0.717, 1.165) is 0 Å². The van der Waals surface area contributed by atoms with Crippen molar-refractivity contribution in [3.63, 3.8) is 0 Å². The van der Waals surface area contributed by atoms with Crippen LogP contribution in [0.4, 0.5) is 10.2 Å². The highest BCUT2D eigenvalue weighted by molar-refractivity contribution is 6.30. The van der Waals surface area contributed by atoms with E-state index in [1.165, 1.54) is 18.2 Å². The molecule has 0 aliphatic rings. The number of hydrogen-bond donors (Lipinski definition) is 1. The number of benzene rings is 1. The summed E-state index contributed by atoms with van der Waals surface area (Å²) in [5, 5.41) is 0.0267. The monoisotopic (exact) mass is 278 g/mol. The van der Waals surface area contributed by atoms with Gasteiger partial charge in [0.05, 0.1) is 11.2 Å². The van der Waals surface area contributed by atoms with E-state index in [0.29, 0.717) is 5.65 Å². The largest absolute Gasteiger partial charge is 0.436 e. The van der Waals surface area contributed by atoms with E-state index in [9.17, 15) is 4.39 Å². The summed E-state index contributed by atoms with van der Waals surface area (Å²) in [6.45, 7) is 0. The van der Waals surface area contributed by atoms with Gasteiger partial charge in [-0.2, -0.15) is 4.98 Å². The molecule has 0 aliphatic heterocycles. The van der Waals surface area contributed by atoms with Gasteiger partial charge in [0.2, 0.25) is 5.65 Å². The zero-order chi connectivity index (χ0) is 13.4. The number of nitrogens with zero attached hydrogens (tertiary/aromatic N) is 3. The van der Waals surface area contributed by atoms with Gasteiger partial charge in [0.25, 0.3) is 5.88 Å². The number of aromatic nitrogens is 3. The third-order valence-corrected chi connectivity index (χ3v) is 2.77. The molecule has 2 aromatic heterocycles. The number of nitrogen functional groups attached to an aromatic ring is 1. The first-order valence-corrected chi connectivity index (χ1v) is 5.73. The third kappa shape index (κ3) is 2.17. The van der Waals surface area contributed by atoms with Crippen LogP contribution in [-0.2, 0) is 0 Å². The number of hydrogen-bond acceptors (Lipinski definition) is 4. The van der Waals surface area contributed by atoms with E-state index in [-0.39, 0.29) is 22.5 Å². The lowest BCUT2D eigenvalue weighted by Gasteiger charge is -2.07. The van der Waals surface area contributed by atoms with Crippen LogP contribution in [-0.4, -0.2) is 14.4 Å². The van der Waals surface area contributed by atoms with Crippen molar-refractivity contribution in [1.29, 1.82) is 0 Å². The summed E-state index contributed by atoms with van der Waals surface area (Å²) in [6.07, 6.45) is 4.91. The predicted octanol–water partition coefficient (Wildman–Crippen LogP) is 2.90. The topological polar surface area (TPSA) is 65.4 Å². The quantitative estimate of drug-likeness (QED) is 0.783. The van der Waals surface area contributed by atoms with Crippen LogP contribution >= 0.6 is 11.6 Å². The first kappa shape index (κ1) is 11.7. The van der Waals surface area contributed by atoms with Crippen LogP contribution in [0.3, 0.4) is 0 Å². The number of anilines is 1. The Morgan fingerprint density at radius 1 is 1.37 bits per heavy atom. The molecule has 3 rings (SSSR count). The summed E-state index contributed by atoms with van der Waals surface area (Å²) >= 11 is 5.60. The number of halogens is 2. The first-order chi connectivity index (χ1) is 9.13. The molecule has 0 radical (unpaired) electrons. The zero-order valence-corrected chi connectivity index (χ0v) is 10.3. The minimum absolute atomic E-state index is 0.0267. The Morgan fingerprint density at radius 2 is 2.21 bits per heavy atom. The van der Waals surface area contributed by atoms with Crippen molar-refractivity contribution in [2.24, 2.45) is 0 Å². The average Bonchev–Trinajstić information content (AvgIpc) is 2.82. The highest BCUT2D eigenvalue weighted by atomic mass is 35.5. The molecule has 19 heavy (non-hydrogen) atoms. The second-order valence-electron chi connectivity index (χ2n) is 3.81. The van der Waals surface area contributed by atoms with Crippen molar-refractivity contribution < 1.29 is 9.13 Å². The van der Waals surface area contributed by atoms with Crippen molar-refractivity contribution >= 4 is 23.1 Å². The van der Waals surface area contributed by atoms with Crippen molar-refractivity contribution in [2.75, 3.05) is 5.73 Å². The summed E-state index contributed by atoms with van der Waals surface area (Å²) in [5.74, 6) is 0.175. The van der Waals surface area contributed by atoms with Crippen molar-refractivity contribution in [3.8, 4) is 11.6 Å². The van der Waals surface area contributed by atoms with E-state index in [2.05, 4.69) is 9.97 Å². The van der Waals surface area contributed by atoms with E-state index >= 15 is 0 Å². The normalized spacial score (nSPS) is 10.8. The molecule has 2 heterocycles. The Morgan fingerprint density at radius 3 is 3.00 bits per heavy atom. The maximum absolute atomic E-state index is 13.3. The Bertz CT molecular complexity index is 759. The highest BCUT2D eigenvalue weighted by Gasteiger charge is 2.10. The van der Waals surface area contributed by atoms with Gasteiger partial charge in [0.1, 0.15) is 17.4 Å². The van der Waals surface area contributed by atoms with Crippen LogP contribution in [0.5, 0.6) is 11.6 Å². The number of imidazole rings is 1. The molecule has 2 N–H and O–H groups in total. The van der Waals surface area contributed by atoms with Crippen LogP contribution in [0, 0.1) is 5.82 Å². The molecule has 0 saturated heterocycles. The van der Waals surface area contributed by atoms with Crippen molar-refractivity contribution in [1.82, 2.24) is 14.4 Å². The van der Waals surface area contributed by atoms with Crippen molar-refractivity contribution in [3.05, 3.63) is 47.6 Å². The van der Waals surface area contributed by atoms with Crippen molar-refractivity contribution in [2.45, 2.75) is 0 Å². The Kier molecular flexibility index (Phi) is 2.72. The van der Waals surface area contributed by atoms with E-state index in [1.807, 2.05) is 0 Å². The summed E-state index contributed by atoms with van der Waals surface area (Å²) in [6, 6.07) is 4.11. The molecule has 0 atom stereocenters. The molecule has 0 fully saturated rings. The number of ether oxygens (including phenoxy) is 1. The van der Waals surface area contributed by atoms with Gasteiger partial charge in [0.15, 0.2) is 0 Å². The first-order valence-electron chi connectivity index (χ1n) is 5.35. The SMILES string of the molecule is Nc1cn2ccnc2c(Oc2ccc(Cl)c(F)c2)n1. The van der Waals surface area contributed by atoms with Gasteiger partial charge in [-0.3, -0.25) is 4.40 Å². The van der Waals surface area contributed by atoms with Crippen LogP contribution in [0.1, 0.15) is 0 Å². The van der Waals surface area contributed by atoms with Crippen LogP contribution < -0.4 is 10.5 Å².